The van der Waals surface area contributed by atoms with Gasteiger partial charge in [0, 0.05) is 29.3 Å². The first kappa shape index (κ1) is 16.8. The zero-order chi connectivity index (χ0) is 13.0. The highest BCUT2D eigenvalue weighted by Gasteiger charge is 2.24. The van der Waals surface area contributed by atoms with E-state index in [-0.39, 0.29) is 18.4 Å². The number of nitrogens with two attached hydrogens (primary N) is 1. The summed E-state index contributed by atoms with van der Waals surface area (Å²) in [6.45, 7) is 4.29. The van der Waals surface area contributed by atoms with E-state index in [1.165, 1.54) is 0 Å². The molecule has 3 nitrogen and oxygen atoms in total. The van der Waals surface area contributed by atoms with Crippen molar-refractivity contribution in [3.05, 3.63) is 28.2 Å². The van der Waals surface area contributed by atoms with Crippen LogP contribution in [0.1, 0.15) is 31.4 Å². The molecule has 1 aliphatic rings. The second kappa shape index (κ2) is 8.10. The lowest BCUT2D eigenvalue weighted by Crippen LogP contribution is -2.27. The van der Waals surface area contributed by atoms with Gasteiger partial charge in [-0.2, -0.15) is 0 Å². The van der Waals surface area contributed by atoms with Crippen LogP contribution in [0.25, 0.3) is 0 Å². The van der Waals surface area contributed by atoms with E-state index in [1.54, 1.807) is 0 Å². The summed E-state index contributed by atoms with van der Waals surface area (Å²) in [6, 6.07) is 6.08. The molecule has 0 radical (unpaired) electrons. The van der Waals surface area contributed by atoms with Crippen LogP contribution in [-0.2, 0) is 4.74 Å². The summed E-state index contributed by atoms with van der Waals surface area (Å²) in [6.07, 6.45) is 2.05. The molecule has 1 fully saturated rings. The van der Waals surface area contributed by atoms with Gasteiger partial charge in [0.2, 0.25) is 0 Å². The molecule has 2 N–H and O–H groups in total. The molecule has 0 aliphatic carbocycles. The number of rotatable bonds is 4. The van der Waals surface area contributed by atoms with Crippen LogP contribution in [-0.4, -0.2) is 19.8 Å². The van der Waals surface area contributed by atoms with Crippen LogP contribution < -0.4 is 10.5 Å². The Labute approximate surface area is 129 Å². The van der Waals surface area contributed by atoms with Crippen LogP contribution in [0.2, 0.25) is 0 Å². The zero-order valence-electron chi connectivity index (χ0n) is 11.1. The first-order valence-electron chi connectivity index (χ1n) is 6.48. The molecule has 1 aliphatic heterocycles. The topological polar surface area (TPSA) is 44.5 Å². The molecular formula is C14H21BrClNO2. The van der Waals surface area contributed by atoms with Gasteiger partial charge in [-0.05, 0) is 43.9 Å². The largest absolute Gasteiger partial charge is 0.494 e. The Morgan fingerprint density at radius 3 is 2.74 bits per heavy atom. The summed E-state index contributed by atoms with van der Waals surface area (Å²) in [7, 11) is 0. The van der Waals surface area contributed by atoms with Crippen molar-refractivity contribution in [2.75, 3.05) is 19.8 Å². The highest BCUT2D eigenvalue weighted by molar-refractivity contribution is 9.10. The quantitative estimate of drug-likeness (QED) is 0.900. The fourth-order valence-corrected chi connectivity index (χ4v) is 2.77. The van der Waals surface area contributed by atoms with Crippen molar-refractivity contribution in [1.29, 1.82) is 0 Å². The predicted molar refractivity (Wildman–Crippen MR) is 83.0 cm³/mol. The minimum absolute atomic E-state index is 0. The van der Waals surface area contributed by atoms with Crippen LogP contribution in [0.3, 0.4) is 0 Å². The van der Waals surface area contributed by atoms with Crippen molar-refractivity contribution in [3.63, 3.8) is 0 Å². The second-order valence-corrected chi connectivity index (χ2v) is 5.51. The molecule has 0 aromatic heterocycles. The van der Waals surface area contributed by atoms with Crippen molar-refractivity contribution in [3.8, 4) is 5.75 Å². The van der Waals surface area contributed by atoms with Gasteiger partial charge < -0.3 is 15.2 Å². The molecule has 0 spiro atoms. The smallest absolute Gasteiger partial charge is 0.124 e. The Morgan fingerprint density at radius 2 is 2.11 bits per heavy atom. The molecule has 1 aromatic carbocycles. The van der Waals surface area contributed by atoms with E-state index in [9.17, 15) is 0 Å². The van der Waals surface area contributed by atoms with Crippen LogP contribution in [0.15, 0.2) is 22.7 Å². The number of benzene rings is 1. The van der Waals surface area contributed by atoms with Gasteiger partial charge in [-0.3, -0.25) is 0 Å². The monoisotopic (exact) mass is 349 g/mol. The van der Waals surface area contributed by atoms with Crippen molar-refractivity contribution in [1.82, 2.24) is 0 Å². The molecule has 1 aromatic rings. The van der Waals surface area contributed by atoms with E-state index < -0.39 is 0 Å². The molecule has 2 rings (SSSR count). The molecular weight excluding hydrogens is 330 g/mol. The fraction of sp³-hybridized carbons (Fsp3) is 0.571. The van der Waals surface area contributed by atoms with Gasteiger partial charge in [0.25, 0.3) is 0 Å². The van der Waals surface area contributed by atoms with Crippen LogP contribution in [0.4, 0.5) is 0 Å². The van der Waals surface area contributed by atoms with Crippen molar-refractivity contribution >= 4 is 28.3 Å². The van der Waals surface area contributed by atoms with Gasteiger partial charge in [0.05, 0.1) is 6.61 Å². The van der Waals surface area contributed by atoms with E-state index in [2.05, 4.69) is 22.0 Å². The van der Waals surface area contributed by atoms with E-state index in [4.69, 9.17) is 15.2 Å². The first-order valence-corrected chi connectivity index (χ1v) is 7.27. The highest BCUT2D eigenvalue weighted by atomic mass is 79.9. The normalized spacial score (nSPS) is 17.6. The maximum absolute atomic E-state index is 6.41. The van der Waals surface area contributed by atoms with Crippen molar-refractivity contribution in [2.24, 2.45) is 11.7 Å². The molecule has 0 saturated carbocycles. The SMILES string of the molecule is CCOc1ccc(Br)cc1[C@@H](N)C1CCOCC1.Cl. The van der Waals surface area contributed by atoms with Gasteiger partial charge in [-0.15, -0.1) is 12.4 Å². The molecule has 5 heteroatoms. The summed E-state index contributed by atoms with van der Waals surface area (Å²) in [5.74, 6) is 1.38. The van der Waals surface area contributed by atoms with E-state index in [1.807, 2.05) is 19.1 Å². The Balaban J connectivity index is 0.00000180. The third-order valence-electron chi connectivity index (χ3n) is 3.40. The Bertz CT molecular complexity index is 397. The molecule has 1 saturated heterocycles. The maximum Gasteiger partial charge on any atom is 0.124 e. The van der Waals surface area contributed by atoms with E-state index in [0.717, 1.165) is 41.8 Å². The molecule has 1 atom stereocenters. The van der Waals surface area contributed by atoms with Gasteiger partial charge in [-0.1, -0.05) is 15.9 Å². The van der Waals surface area contributed by atoms with Gasteiger partial charge in [0.1, 0.15) is 5.75 Å². The summed E-state index contributed by atoms with van der Waals surface area (Å²) < 4.78 is 12.1. The lowest BCUT2D eigenvalue weighted by molar-refractivity contribution is 0.0580. The summed E-state index contributed by atoms with van der Waals surface area (Å²) in [5, 5.41) is 0. The lowest BCUT2D eigenvalue weighted by atomic mass is 9.87. The molecule has 0 amide bonds. The minimum atomic E-state index is 0. The van der Waals surface area contributed by atoms with E-state index in [0.29, 0.717) is 12.5 Å². The van der Waals surface area contributed by atoms with Crippen molar-refractivity contribution < 1.29 is 9.47 Å². The Morgan fingerprint density at radius 1 is 1.42 bits per heavy atom. The third kappa shape index (κ3) is 4.35. The maximum atomic E-state index is 6.41. The van der Waals surface area contributed by atoms with Gasteiger partial charge in [0.15, 0.2) is 0 Å². The molecule has 19 heavy (non-hydrogen) atoms. The number of hydrogen-bond donors (Lipinski definition) is 1. The molecule has 108 valence electrons. The number of halogens is 2. The average molecular weight is 351 g/mol. The van der Waals surface area contributed by atoms with E-state index >= 15 is 0 Å². The number of hydrogen-bond acceptors (Lipinski definition) is 3. The molecule has 0 unspecified atom stereocenters. The molecule has 1 heterocycles. The third-order valence-corrected chi connectivity index (χ3v) is 3.90. The fourth-order valence-electron chi connectivity index (χ4n) is 2.40. The average Bonchev–Trinajstić information content (AvgIpc) is 2.41. The summed E-state index contributed by atoms with van der Waals surface area (Å²) in [4.78, 5) is 0. The van der Waals surface area contributed by atoms with Gasteiger partial charge in [-0.25, -0.2) is 0 Å². The van der Waals surface area contributed by atoms with Crippen LogP contribution in [0.5, 0.6) is 5.75 Å². The Kier molecular flexibility index (Phi) is 7.15. The molecule has 0 bridgehead atoms. The van der Waals surface area contributed by atoms with Gasteiger partial charge >= 0.3 is 0 Å². The van der Waals surface area contributed by atoms with Crippen molar-refractivity contribution in [2.45, 2.75) is 25.8 Å². The summed E-state index contributed by atoms with van der Waals surface area (Å²) in [5.41, 5.74) is 7.51. The zero-order valence-corrected chi connectivity index (χ0v) is 13.5. The minimum Gasteiger partial charge on any atom is -0.494 e. The van der Waals surface area contributed by atoms with Crippen LogP contribution in [0, 0.1) is 5.92 Å². The highest BCUT2D eigenvalue weighted by Crippen LogP contribution is 2.35. The lowest BCUT2D eigenvalue weighted by Gasteiger charge is -2.29. The summed E-state index contributed by atoms with van der Waals surface area (Å²) >= 11 is 3.50. The predicted octanol–water partition coefficient (Wildman–Crippen LogP) is 3.70. The standard InChI is InChI=1S/C14H20BrNO2.ClH/c1-2-18-13-4-3-11(15)9-12(13)14(16)10-5-7-17-8-6-10;/h3-4,9-10,14H,2,5-8,16H2,1H3;1H/t14-;/m0./s1. The Hall–Kier alpha value is -0.290. The second-order valence-electron chi connectivity index (χ2n) is 4.59. The van der Waals surface area contributed by atoms with Crippen LogP contribution >= 0.6 is 28.3 Å². The first-order chi connectivity index (χ1) is 8.72. The number of ether oxygens (including phenoxy) is 2.